The van der Waals surface area contributed by atoms with Crippen molar-refractivity contribution >= 4 is 28.4 Å². The average Bonchev–Trinajstić information content (AvgIpc) is 1.85. The van der Waals surface area contributed by atoms with E-state index in [1.54, 1.807) is 0 Å². The summed E-state index contributed by atoms with van der Waals surface area (Å²) >= 11 is 1.12. The fourth-order valence-corrected chi connectivity index (χ4v) is 1.19. The molecule has 0 unspecified atom stereocenters. The van der Waals surface area contributed by atoms with Crippen molar-refractivity contribution in [2.45, 2.75) is 26.2 Å². The standard InChI is InChI=1S/C6H12NO.Sn.H/c1-3-4-5-6(8)7-2;;/h2-5H2,1H3,(H,7,8);;. The number of carbonyl (C=O) groups is 1. The Kier molecular flexibility index (Phi) is 6.58. The van der Waals surface area contributed by atoms with Crippen molar-refractivity contribution in [3.05, 3.63) is 0 Å². The van der Waals surface area contributed by atoms with Crippen LogP contribution >= 0.6 is 0 Å². The van der Waals surface area contributed by atoms with Crippen LogP contribution in [0.5, 0.6) is 0 Å². The summed E-state index contributed by atoms with van der Waals surface area (Å²) in [6.45, 7) is 2.09. The van der Waals surface area contributed by atoms with Gasteiger partial charge in [-0.25, -0.2) is 0 Å². The minimum atomic E-state index is 0.212. The van der Waals surface area contributed by atoms with Crippen molar-refractivity contribution in [2.75, 3.05) is 4.56 Å². The first kappa shape index (κ1) is 9.27. The monoisotopic (exact) mass is 235 g/mol. The van der Waals surface area contributed by atoms with Crippen LogP contribution in [-0.4, -0.2) is 33.0 Å². The number of carbonyl (C=O) groups excluding carboxylic acids is 1. The van der Waals surface area contributed by atoms with Gasteiger partial charge < -0.3 is 0 Å². The molecule has 0 saturated heterocycles. The molecule has 52 valence electrons. The van der Waals surface area contributed by atoms with Gasteiger partial charge in [0, 0.05) is 0 Å². The first-order valence-corrected chi connectivity index (χ1v) is 5.61. The fourth-order valence-electron chi connectivity index (χ4n) is 0.540. The van der Waals surface area contributed by atoms with Crippen LogP contribution in [0.2, 0.25) is 0 Å². The number of hydrogen-bond donors (Lipinski definition) is 1. The van der Waals surface area contributed by atoms with Crippen LogP contribution in [0.1, 0.15) is 26.2 Å². The van der Waals surface area contributed by atoms with Gasteiger partial charge in [0.2, 0.25) is 0 Å². The van der Waals surface area contributed by atoms with Crippen LogP contribution in [0.25, 0.3) is 0 Å². The summed E-state index contributed by atoms with van der Waals surface area (Å²) in [5.74, 6) is 0.212. The van der Waals surface area contributed by atoms with E-state index in [2.05, 4.69) is 12.2 Å². The van der Waals surface area contributed by atoms with Gasteiger partial charge in [-0.1, -0.05) is 0 Å². The topological polar surface area (TPSA) is 29.1 Å². The second-order valence-corrected chi connectivity index (χ2v) is 3.07. The molecule has 1 N–H and O–H groups in total. The molecule has 0 aromatic rings. The summed E-state index contributed by atoms with van der Waals surface area (Å²) < 4.78 is 0.883. The molecule has 2 nitrogen and oxygen atoms in total. The van der Waals surface area contributed by atoms with Gasteiger partial charge in [-0.15, -0.1) is 0 Å². The van der Waals surface area contributed by atoms with Crippen molar-refractivity contribution in [1.29, 1.82) is 0 Å². The summed E-state index contributed by atoms with van der Waals surface area (Å²) in [5, 5.41) is 2.80. The number of rotatable bonds is 4. The molecular formula is C6H13NOSn. The second kappa shape index (κ2) is 6.39. The van der Waals surface area contributed by atoms with Gasteiger partial charge in [-0.05, 0) is 0 Å². The third-order valence-corrected chi connectivity index (χ3v) is 1.64. The zero-order chi connectivity index (χ0) is 7.11. The molecule has 0 atom stereocenters. The molecule has 0 fully saturated rings. The second-order valence-electron chi connectivity index (χ2n) is 1.91. The third kappa shape index (κ3) is 6.15. The Bertz CT molecular complexity index is 85.1. The first-order valence-electron chi connectivity index (χ1n) is 3.28. The van der Waals surface area contributed by atoms with E-state index in [0.717, 1.165) is 39.9 Å². The molecule has 0 aromatic carbocycles. The van der Waals surface area contributed by atoms with Crippen molar-refractivity contribution < 1.29 is 4.79 Å². The maximum absolute atomic E-state index is 10.7. The van der Waals surface area contributed by atoms with Gasteiger partial charge in [0.15, 0.2) is 0 Å². The summed E-state index contributed by atoms with van der Waals surface area (Å²) in [5.41, 5.74) is 0. The van der Waals surface area contributed by atoms with Crippen LogP contribution < -0.4 is 5.32 Å². The quantitative estimate of drug-likeness (QED) is 0.689. The number of nitrogens with one attached hydrogen (secondary N) is 1. The molecular weight excluding hydrogens is 221 g/mol. The Balaban J connectivity index is 3.06. The zero-order valence-electron chi connectivity index (χ0n) is 5.81. The van der Waals surface area contributed by atoms with Crippen molar-refractivity contribution in [3.63, 3.8) is 0 Å². The van der Waals surface area contributed by atoms with Crippen LogP contribution in [0, 0.1) is 0 Å². The third-order valence-electron chi connectivity index (χ3n) is 1.06. The predicted octanol–water partition coefficient (Wildman–Crippen LogP) is 0.151. The summed E-state index contributed by atoms with van der Waals surface area (Å²) in [6.07, 6.45) is 2.83. The molecule has 1 amide bonds. The van der Waals surface area contributed by atoms with E-state index in [0.29, 0.717) is 6.42 Å². The average molecular weight is 234 g/mol. The first-order chi connectivity index (χ1) is 4.31. The number of unbranched alkanes of at least 4 members (excludes halogenated alkanes) is 1. The summed E-state index contributed by atoms with van der Waals surface area (Å²) in [6, 6.07) is 0. The van der Waals surface area contributed by atoms with Crippen molar-refractivity contribution in [3.8, 4) is 0 Å². The predicted molar refractivity (Wildman–Crippen MR) is 39.7 cm³/mol. The zero-order valence-corrected chi connectivity index (χ0v) is 9.11. The fraction of sp³-hybridized carbons (Fsp3) is 0.833. The molecule has 0 heterocycles. The van der Waals surface area contributed by atoms with Gasteiger partial charge in [0.05, 0.1) is 0 Å². The van der Waals surface area contributed by atoms with Gasteiger partial charge in [0.25, 0.3) is 0 Å². The molecule has 0 aliphatic carbocycles. The van der Waals surface area contributed by atoms with Gasteiger partial charge in [-0.2, -0.15) is 0 Å². The molecule has 2 radical (unpaired) electrons. The Labute approximate surface area is 69.5 Å². The van der Waals surface area contributed by atoms with E-state index in [1.807, 2.05) is 0 Å². The molecule has 0 aliphatic rings. The number of amides is 1. The van der Waals surface area contributed by atoms with Gasteiger partial charge in [0.1, 0.15) is 0 Å². The van der Waals surface area contributed by atoms with Crippen molar-refractivity contribution in [1.82, 2.24) is 5.32 Å². The van der Waals surface area contributed by atoms with E-state index >= 15 is 0 Å². The van der Waals surface area contributed by atoms with E-state index in [4.69, 9.17) is 0 Å². The maximum atomic E-state index is 10.7. The molecule has 9 heavy (non-hydrogen) atoms. The number of hydrogen-bond acceptors (Lipinski definition) is 1. The Morgan fingerprint density at radius 1 is 1.67 bits per heavy atom. The summed E-state index contributed by atoms with van der Waals surface area (Å²) in [4.78, 5) is 10.7. The molecule has 0 aliphatic heterocycles. The Morgan fingerprint density at radius 3 is 2.78 bits per heavy atom. The minimum absolute atomic E-state index is 0.212. The molecule has 0 saturated carbocycles. The molecule has 3 heteroatoms. The van der Waals surface area contributed by atoms with Crippen LogP contribution in [0.3, 0.4) is 0 Å². The normalized spacial score (nSPS) is 9.11. The van der Waals surface area contributed by atoms with Crippen LogP contribution in [-0.2, 0) is 4.79 Å². The van der Waals surface area contributed by atoms with E-state index in [1.165, 1.54) is 0 Å². The molecule has 0 spiro atoms. The van der Waals surface area contributed by atoms with Crippen LogP contribution in [0.15, 0.2) is 0 Å². The summed E-state index contributed by atoms with van der Waals surface area (Å²) in [7, 11) is 0. The van der Waals surface area contributed by atoms with Gasteiger partial charge >= 0.3 is 69.3 Å². The van der Waals surface area contributed by atoms with Crippen LogP contribution in [0.4, 0.5) is 0 Å². The molecule has 0 rings (SSSR count). The van der Waals surface area contributed by atoms with E-state index < -0.39 is 0 Å². The molecule has 0 bridgehead atoms. The Hall–Kier alpha value is 0.269. The SMILES string of the molecule is CCCCC(=O)N[CH2][SnH]. The van der Waals surface area contributed by atoms with E-state index in [9.17, 15) is 4.79 Å². The van der Waals surface area contributed by atoms with E-state index in [-0.39, 0.29) is 5.91 Å². The Morgan fingerprint density at radius 2 is 2.33 bits per heavy atom. The van der Waals surface area contributed by atoms with Crippen molar-refractivity contribution in [2.24, 2.45) is 0 Å². The molecule has 0 aromatic heterocycles. The van der Waals surface area contributed by atoms with Gasteiger partial charge in [-0.3, -0.25) is 0 Å².